The molecule has 32 heavy (non-hydrogen) atoms. The van der Waals surface area contributed by atoms with Gasteiger partial charge in [-0.25, -0.2) is 4.79 Å². The Hall–Kier alpha value is -3.14. The molecule has 2 aromatic carbocycles. The summed E-state index contributed by atoms with van der Waals surface area (Å²) in [5, 5.41) is 2.71. The number of carbonyl (C=O) groups is 3. The van der Waals surface area contributed by atoms with E-state index in [1.807, 2.05) is 0 Å². The molecule has 0 aromatic heterocycles. The fraction of sp³-hybridized carbons (Fsp3) is 0.143. The molecule has 11 heteroatoms. The SMILES string of the molecule is COC(=O)COc1ccc(C=C2C(=O)NC(=S)N(c3cccc(Cl)c3Cl)C2=O)cc1OC. The first-order valence-electron chi connectivity index (χ1n) is 9.00. The Labute approximate surface area is 198 Å². The molecule has 8 nitrogen and oxygen atoms in total. The minimum absolute atomic E-state index is 0.120. The minimum atomic E-state index is -0.673. The number of nitrogens with zero attached hydrogens (tertiary/aromatic N) is 1. The molecule has 3 rings (SSSR count). The highest BCUT2D eigenvalue weighted by atomic mass is 35.5. The van der Waals surface area contributed by atoms with Crippen molar-refractivity contribution in [2.24, 2.45) is 0 Å². The van der Waals surface area contributed by atoms with Crippen LogP contribution in [-0.4, -0.2) is 43.7 Å². The number of halogens is 2. The molecule has 1 aliphatic rings. The Morgan fingerprint density at radius 3 is 2.59 bits per heavy atom. The zero-order valence-corrected chi connectivity index (χ0v) is 19.1. The number of benzene rings is 2. The van der Waals surface area contributed by atoms with Gasteiger partial charge in [0.25, 0.3) is 11.8 Å². The molecular weight excluding hydrogens is 479 g/mol. The van der Waals surface area contributed by atoms with Crippen LogP contribution in [0, 0.1) is 0 Å². The van der Waals surface area contributed by atoms with Crippen LogP contribution in [0.25, 0.3) is 6.08 Å². The Morgan fingerprint density at radius 2 is 1.91 bits per heavy atom. The maximum atomic E-state index is 13.1. The quantitative estimate of drug-likeness (QED) is 0.284. The molecule has 1 heterocycles. The van der Waals surface area contributed by atoms with E-state index < -0.39 is 17.8 Å². The zero-order valence-electron chi connectivity index (χ0n) is 16.8. The van der Waals surface area contributed by atoms with Gasteiger partial charge in [-0.05, 0) is 48.1 Å². The van der Waals surface area contributed by atoms with Gasteiger partial charge in [0.15, 0.2) is 23.2 Å². The molecule has 0 bridgehead atoms. The van der Waals surface area contributed by atoms with Crippen LogP contribution in [0.1, 0.15) is 5.56 Å². The third-order valence-corrected chi connectivity index (χ3v) is 5.44. The highest BCUT2D eigenvalue weighted by Crippen LogP contribution is 2.35. The van der Waals surface area contributed by atoms with Gasteiger partial charge in [0, 0.05) is 0 Å². The predicted molar refractivity (Wildman–Crippen MR) is 123 cm³/mol. The van der Waals surface area contributed by atoms with Crippen LogP contribution in [0.3, 0.4) is 0 Å². The molecule has 0 radical (unpaired) electrons. The van der Waals surface area contributed by atoms with Crippen LogP contribution in [0.5, 0.6) is 11.5 Å². The van der Waals surface area contributed by atoms with Crippen molar-refractivity contribution >= 4 is 70.1 Å². The molecule has 0 spiro atoms. The summed E-state index contributed by atoms with van der Waals surface area (Å²) in [5.41, 5.74) is 0.528. The summed E-state index contributed by atoms with van der Waals surface area (Å²) in [7, 11) is 2.66. The number of ether oxygens (including phenoxy) is 3. The summed E-state index contributed by atoms with van der Waals surface area (Å²) in [6.45, 7) is -0.305. The summed E-state index contributed by atoms with van der Waals surface area (Å²) in [4.78, 5) is 38.0. The second-order valence-electron chi connectivity index (χ2n) is 6.31. The average Bonchev–Trinajstić information content (AvgIpc) is 2.77. The van der Waals surface area contributed by atoms with E-state index in [9.17, 15) is 14.4 Å². The minimum Gasteiger partial charge on any atom is -0.493 e. The number of thiocarbonyl (C=S) groups is 1. The number of amides is 2. The van der Waals surface area contributed by atoms with Gasteiger partial charge in [-0.2, -0.15) is 0 Å². The van der Waals surface area contributed by atoms with E-state index >= 15 is 0 Å². The number of hydrogen-bond acceptors (Lipinski definition) is 7. The van der Waals surface area contributed by atoms with Crippen molar-refractivity contribution in [2.75, 3.05) is 25.7 Å². The van der Waals surface area contributed by atoms with Crippen molar-refractivity contribution < 1.29 is 28.6 Å². The van der Waals surface area contributed by atoms with Crippen LogP contribution in [0.4, 0.5) is 5.69 Å². The average molecular weight is 495 g/mol. The smallest absolute Gasteiger partial charge is 0.343 e. The van der Waals surface area contributed by atoms with Crippen LogP contribution in [0.15, 0.2) is 42.0 Å². The van der Waals surface area contributed by atoms with Crippen molar-refractivity contribution in [3.63, 3.8) is 0 Å². The Balaban J connectivity index is 1.95. The number of anilines is 1. The number of methoxy groups -OCH3 is 2. The van der Waals surface area contributed by atoms with Crippen LogP contribution >= 0.6 is 35.4 Å². The summed E-state index contributed by atoms with van der Waals surface area (Å²) < 4.78 is 15.2. The topological polar surface area (TPSA) is 94.2 Å². The number of esters is 1. The van der Waals surface area contributed by atoms with Gasteiger partial charge in [0.05, 0.1) is 30.0 Å². The second-order valence-corrected chi connectivity index (χ2v) is 7.48. The lowest BCUT2D eigenvalue weighted by atomic mass is 10.1. The van der Waals surface area contributed by atoms with Gasteiger partial charge < -0.3 is 14.2 Å². The van der Waals surface area contributed by atoms with Gasteiger partial charge in [-0.15, -0.1) is 0 Å². The number of rotatable bonds is 6. The molecule has 166 valence electrons. The maximum absolute atomic E-state index is 13.1. The van der Waals surface area contributed by atoms with Gasteiger partial charge in [0.1, 0.15) is 5.57 Å². The molecule has 2 amide bonds. The fourth-order valence-electron chi connectivity index (χ4n) is 2.80. The standard InChI is InChI=1S/C21H16Cl2N2O6S/c1-29-16-9-11(6-7-15(16)31-10-17(26)30-2)8-12-19(27)24-21(32)25(20(12)28)14-5-3-4-13(22)18(14)23/h3-9H,10H2,1-2H3,(H,24,27,32). The van der Waals surface area contributed by atoms with Crippen molar-refractivity contribution in [3.05, 3.63) is 57.6 Å². The molecule has 1 aliphatic heterocycles. The van der Waals surface area contributed by atoms with E-state index in [4.69, 9.17) is 44.9 Å². The van der Waals surface area contributed by atoms with Crippen LogP contribution in [0.2, 0.25) is 10.0 Å². The van der Waals surface area contributed by atoms with Crippen LogP contribution in [-0.2, 0) is 19.1 Å². The first-order valence-corrected chi connectivity index (χ1v) is 10.2. The van der Waals surface area contributed by atoms with Gasteiger partial charge >= 0.3 is 5.97 Å². The van der Waals surface area contributed by atoms with E-state index in [1.54, 1.807) is 30.3 Å². The lowest BCUT2D eigenvalue weighted by Crippen LogP contribution is -2.54. The Morgan fingerprint density at radius 1 is 1.16 bits per heavy atom. The number of carbonyl (C=O) groups excluding carboxylic acids is 3. The third-order valence-electron chi connectivity index (χ3n) is 4.35. The number of nitrogens with one attached hydrogen (secondary N) is 1. The largest absolute Gasteiger partial charge is 0.493 e. The summed E-state index contributed by atoms with van der Waals surface area (Å²) in [6, 6.07) is 9.41. The van der Waals surface area contributed by atoms with E-state index in [0.717, 1.165) is 4.90 Å². The monoisotopic (exact) mass is 494 g/mol. The van der Waals surface area contributed by atoms with E-state index in [2.05, 4.69) is 10.1 Å². The lowest BCUT2D eigenvalue weighted by molar-refractivity contribution is -0.143. The molecule has 0 aliphatic carbocycles. The Bertz CT molecular complexity index is 1150. The molecule has 0 atom stereocenters. The molecule has 0 unspecified atom stereocenters. The first-order chi connectivity index (χ1) is 15.3. The van der Waals surface area contributed by atoms with Gasteiger partial charge in [0.2, 0.25) is 0 Å². The summed E-state index contributed by atoms with van der Waals surface area (Å²) in [6.07, 6.45) is 1.37. The Kier molecular flexibility index (Phi) is 7.34. The van der Waals surface area contributed by atoms with Crippen molar-refractivity contribution in [3.8, 4) is 11.5 Å². The lowest BCUT2D eigenvalue weighted by Gasteiger charge is -2.29. The van der Waals surface area contributed by atoms with Crippen molar-refractivity contribution in [1.82, 2.24) is 5.32 Å². The predicted octanol–water partition coefficient (Wildman–Crippen LogP) is 3.39. The maximum Gasteiger partial charge on any atom is 0.343 e. The van der Waals surface area contributed by atoms with Crippen LogP contribution < -0.4 is 19.7 Å². The van der Waals surface area contributed by atoms with Crippen molar-refractivity contribution in [1.29, 1.82) is 0 Å². The van der Waals surface area contributed by atoms with E-state index in [0.29, 0.717) is 5.56 Å². The van der Waals surface area contributed by atoms with Gasteiger partial charge in [-0.1, -0.05) is 35.3 Å². The highest BCUT2D eigenvalue weighted by Gasteiger charge is 2.35. The van der Waals surface area contributed by atoms with E-state index in [1.165, 1.54) is 26.4 Å². The fourth-order valence-corrected chi connectivity index (χ4v) is 3.45. The molecule has 1 fully saturated rings. The molecule has 2 aromatic rings. The zero-order chi connectivity index (χ0) is 23.4. The molecule has 1 N–H and O–H groups in total. The number of hydrogen-bond donors (Lipinski definition) is 1. The second kappa shape index (κ2) is 9.99. The molecule has 1 saturated heterocycles. The normalized spacial score (nSPS) is 14.9. The van der Waals surface area contributed by atoms with Gasteiger partial charge in [-0.3, -0.25) is 19.8 Å². The summed E-state index contributed by atoms with van der Waals surface area (Å²) in [5.74, 6) is -1.32. The highest BCUT2D eigenvalue weighted by molar-refractivity contribution is 7.80. The molecule has 0 saturated carbocycles. The third kappa shape index (κ3) is 4.85. The molecular formula is C21H16Cl2N2O6S. The first kappa shape index (κ1) is 23.5. The van der Waals surface area contributed by atoms with E-state index in [-0.39, 0.29) is 44.5 Å². The van der Waals surface area contributed by atoms with Crippen molar-refractivity contribution in [2.45, 2.75) is 0 Å². The summed E-state index contributed by atoms with van der Waals surface area (Å²) >= 11 is 17.5.